The largest absolute Gasteiger partial charge is 0.466 e. The Hall–Kier alpha value is -3.24. The lowest BCUT2D eigenvalue weighted by molar-refractivity contribution is -0.138. The number of carbonyl (C=O) groups excluding carboxylic acids is 1. The molecule has 0 spiro atoms. The molecule has 0 bridgehead atoms. The van der Waals surface area contributed by atoms with Crippen molar-refractivity contribution < 1.29 is 31.5 Å². The van der Waals surface area contributed by atoms with Crippen LogP contribution in [0.15, 0.2) is 48.8 Å². The van der Waals surface area contributed by atoms with Gasteiger partial charge in [-0.2, -0.15) is 18.3 Å². The Morgan fingerprint density at radius 3 is 2.67 bits per heavy atom. The number of rotatable bonds is 3. The van der Waals surface area contributed by atoms with Gasteiger partial charge in [0.15, 0.2) is 6.10 Å². The van der Waals surface area contributed by atoms with Gasteiger partial charge in [-0.1, -0.05) is 6.07 Å². The van der Waals surface area contributed by atoms with Crippen LogP contribution in [0.25, 0.3) is 5.52 Å². The van der Waals surface area contributed by atoms with E-state index < -0.39 is 42.6 Å². The van der Waals surface area contributed by atoms with Crippen LogP contribution < -0.4 is 4.74 Å². The molecule has 0 radical (unpaired) electrons. The van der Waals surface area contributed by atoms with Crippen LogP contribution >= 0.6 is 0 Å². The van der Waals surface area contributed by atoms with Crippen molar-refractivity contribution in [1.29, 1.82) is 0 Å². The van der Waals surface area contributed by atoms with Gasteiger partial charge in [-0.25, -0.2) is 18.3 Å². The van der Waals surface area contributed by atoms with Crippen LogP contribution in [0.5, 0.6) is 5.88 Å². The van der Waals surface area contributed by atoms with Crippen molar-refractivity contribution in [3.05, 3.63) is 60.0 Å². The van der Waals surface area contributed by atoms with Crippen LogP contribution in [0.3, 0.4) is 0 Å². The number of pyridine rings is 2. The Morgan fingerprint density at radius 2 is 1.97 bits per heavy atom. The van der Waals surface area contributed by atoms with Crippen LogP contribution in [0.4, 0.5) is 22.0 Å². The molecule has 1 amide bonds. The van der Waals surface area contributed by atoms with E-state index in [1.807, 2.05) is 0 Å². The summed E-state index contributed by atoms with van der Waals surface area (Å²) in [6.07, 6.45) is -4.98. The van der Waals surface area contributed by atoms with Crippen LogP contribution in [-0.4, -0.2) is 50.5 Å². The Balaban J connectivity index is 1.53. The molecule has 0 N–H and O–H groups in total. The fourth-order valence-electron chi connectivity index (χ4n) is 3.21. The molecule has 0 aromatic carbocycles. The number of piperidine rings is 1. The Kier molecular flexibility index (Phi) is 4.83. The number of nitrogens with zero attached hydrogens (tertiary/aromatic N) is 4. The number of halogens is 5. The van der Waals surface area contributed by atoms with E-state index in [1.165, 1.54) is 21.7 Å². The zero-order chi connectivity index (χ0) is 21.5. The van der Waals surface area contributed by atoms with Crippen LogP contribution in [0, 0.1) is 0 Å². The van der Waals surface area contributed by atoms with E-state index in [4.69, 9.17) is 4.74 Å². The van der Waals surface area contributed by atoms with Gasteiger partial charge in [-0.3, -0.25) is 4.79 Å². The van der Waals surface area contributed by atoms with Crippen molar-refractivity contribution in [2.45, 2.75) is 24.6 Å². The normalized spacial score (nSPS) is 19.1. The topological polar surface area (TPSA) is 59.7 Å². The third-order valence-corrected chi connectivity index (χ3v) is 4.83. The summed E-state index contributed by atoms with van der Waals surface area (Å²) in [5.41, 5.74) is -0.145. The van der Waals surface area contributed by atoms with Crippen molar-refractivity contribution in [2.24, 2.45) is 0 Å². The van der Waals surface area contributed by atoms with Gasteiger partial charge in [-0.05, 0) is 24.3 Å². The van der Waals surface area contributed by atoms with E-state index in [1.54, 1.807) is 18.2 Å². The molecular weight excluding hydrogens is 411 g/mol. The predicted molar refractivity (Wildman–Crippen MR) is 94.3 cm³/mol. The molecule has 3 aromatic rings. The molecular formula is C19H15F5N4O2. The number of aromatic nitrogens is 3. The lowest BCUT2D eigenvalue weighted by Crippen LogP contribution is -2.55. The van der Waals surface area contributed by atoms with Crippen molar-refractivity contribution in [3.63, 3.8) is 0 Å². The molecule has 11 heteroatoms. The van der Waals surface area contributed by atoms with Gasteiger partial charge < -0.3 is 9.64 Å². The number of carbonyl (C=O) groups is 1. The van der Waals surface area contributed by atoms with E-state index in [-0.39, 0.29) is 18.1 Å². The minimum atomic E-state index is -4.60. The average Bonchev–Trinajstić information content (AvgIpc) is 3.17. The van der Waals surface area contributed by atoms with Gasteiger partial charge in [0.05, 0.1) is 23.8 Å². The molecule has 6 nitrogen and oxygen atoms in total. The molecule has 1 unspecified atom stereocenters. The molecule has 4 rings (SSSR count). The van der Waals surface area contributed by atoms with Crippen molar-refractivity contribution >= 4 is 11.4 Å². The van der Waals surface area contributed by atoms with Crippen LogP contribution in [-0.2, 0) is 6.18 Å². The molecule has 1 aliphatic heterocycles. The highest BCUT2D eigenvalue weighted by Gasteiger charge is 2.47. The summed E-state index contributed by atoms with van der Waals surface area (Å²) in [5, 5.41) is 4.07. The highest BCUT2D eigenvalue weighted by Crippen LogP contribution is 2.33. The number of hydrogen-bond donors (Lipinski definition) is 0. The first-order valence-electron chi connectivity index (χ1n) is 8.95. The number of alkyl halides is 5. The fourth-order valence-corrected chi connectivity index (χ4v) is 3.21. The number of likely N-dealkylation sites (tertiary alicyclic amines) is 1. The first-order chi connectivity index (χ1) is 14.1. The number of ether oxygens (including phenoxy) is 1. The molecule has 1 saturated heterocycles. The molecule has 30 heavy (non-hydrogen) atoms. The van der Waals surface area contributed by atoms with Crippen molar-refractivity contribution in [1.82, 2.24) is 19.5 Å². The molecule has 1 aliphatic rings. The van der Waals surface area contributed by atoms with E-state index >= 15 is 0 Å². The molecule has 1 fully saturated rings. The zero-order valence-electron chi connectivity index (χ0n) is 15.3. The zero-order valence-corrected chi connectivity index (χ0v) is 15.3. The summed E-state index contributed by atoms with van der Waals surface area (Å²) in [4.78, 5) is 17.6. The highest BCUT2D eigenvalue weighted by atomic mass is 19.4. The third-order valence-electron chi connectivity index (χ3n) is 4.83. The summed E-state index contributed by atoms with van der Waals surface area (Å²) < 4.78 is 73.3. The molecule has 1 atom stereocenters. The first kappa shape index (κ1) is 20.0. The van der Waals surface area contributed by atoms with Gasteiger partial charge >= 0.3 is 6.18 Å². The maximum atomic E-state index is 14.4. The Labute approximate surface area is 166 Å². The SMILES string of the molecule is O=C(c1cccc2ccnn12)N1CCC(F)(F)C(Oc2ccc(C(F)(F)F)cn2)C1. The predicted octanol–water partition coefficient (Wildman–Crippen LogP) is 3.68. The summed E-state index contributed by atoms with van der Waals surface area (Å²) in [7, 11) is 0. The third kappa shape index (κ3) is 3.79. The maximum Gasteiger partial charge on any atom is 0.417 e. The minimum absolute atomic E-state index is 0.203. The fraction of sp³-hybridized carbons (Fsp3) is 0.316. The number of fused-ring (bicyclic) bond motifs is 1. The summed E-state index contributed by atoms with van der Waals surface area (Å²) >= 11 is 0. The molecule has 0 aliphatic carbocycles. The lowest BCUT2D eigenvalue weighted by atomic mass is 10.0. The van der Waals surface area contributed by atoms with E-state index in [0.29, 0.717) is 17.8 Å². The summed E-state index contributed by atoms with van der Waals surface area (Å²) in [6.45, 7) is -0.657. The second-order valence-corrected chi connectivity index (χ2v) is 6.83. The number of hydrogen-bond acceptors (Lipinski definition) is 4. The van der Waals surface area contributed by atoms with Gasteiger partial charge in [0, 0.05) is 25.2 Å². The molecule has 3 aromatic heterocycles. The quantitative estimate of drug-likeness (QED) is 0.600. The van der Waals surface area contributed by atoms with Crippen LogP contribution in [0.2, 0.25) is 0 Å². The second-order valence-electron chi connectivity index (χ2n) is 6.83. The monoisotopic (exact) mass is 426 g/mol. The smallest absolute Gasteiger partial charge is 0.417 e. The van der Waals surface area contributed by atoms with Crippen molar-refractivity contribution in [3.8, 4) is 5.88 Å². The van der Waals surface area contributed by atoms with Gasteiger partial charge in [0.25, 0.3) is 11.8 Å². The van der Waals surface area contributed by atoms with Gasteiger partial charge in [-0.15, -0.1) is 0 Å². The Morgan fingerprint density at radius 1 is 1.17 bits per heavy atom. The second kappa shape index (κ2) is 7.22. The van der Waals surface area contributed by atoms with Crippen LogP contribution in [0.1, 0.15) is 22.5 Å². The number of amides is 1. The standard InChI is InChI=1S/C19H15F5N4O2/c20-18(21)7-9-27(17(29)14-3-1-2-13-6-8-26-28(13)14)11-15(18)30-16-5-4-12(10-25-16)19(22,23)24/h1-6,8,10,15H,7,9,11H2. The van der Waals surface area contributed by atoms with Gasteiger partial charge in [0.2, 0.25) is 5.88 Å². The maximum absolute atomic E-state index is 14.4. The molecule has 158 valence electrons. The molecule has 4 heterocycles. The highest BCUT2D eigenvalue weighted by molar-refractivity contribution is 5.93. The molecule has 0 saturated carbocycles. The van der Waals surface area contributed by atoms with Gasteiger partial charge in [0.1, 0.15) is 5.69 Å². The van der Waals surface area contributed by atoms with E-state index in [9.17, 15) is 26.7 Å². The average molecular weight is 426 g/mol. The first-order valence-corrected chi connectivity index (χ1v) is 8.95. The minimum Gasteiger partial charge on any atom is -0.466 e. The van der Waals surface area contributed by atoms with E-state index in [0.717, 1.165) is 6.07 Å². The van der Waals surface area contributed by atoms with E-state index in [2.05, 4.69) is 10.1 Å². The Bertz CT molecular complexity index is 1060. The summed E-state index contributed by atoms with van der Waals surface area (Å²) in [6, 6.07) is 8.21. The summed E-state index contributed by atoms with van der Waals surface area (Å²) in [5.74, 6) is -4.16. The lowest BCUT2D eigenvalue weighted by Gasteiger charge is -2.37. The van der Waals surface area contributed by atoms with Crippen molar-refractivity contribution in [2.75, 3.05) is 13.1 Å².